The molecule has 19 nitrogen and oxygen atoms in total. The number of ketones is 1. The number of anilines is 3. The van der Waals surface area contributed by atoms with Crippen molar-refractivity contribution in [2.75, 3.05) is 28.9 Å². The second-order valence-electron chi connectivity index (χ2n) is 19.5. The summed E-state index contributed by atoms with van der Waals surface area (Å²) in [6.45, 7) is 9.48. The van der Waals surface area contributed by atoms with E-state index in [-0.39, 0.29) is 115 Å². The first-order chi connectivity index (χ1) is 36.2. The number of esters is 1. The van der Waals surface area contributed by atoms with Gasteiger partial charge in [0, 0.05) is 50.0 Å². The number of aromatic nitrogens is 4. The number of carbonyl (C=O) groups excluding carboxylic acids is 5. The van der Waals surface area contributed by atoms with Crippen LogP contribution in [0.1, 0.15) is 104 Å². The lowest BCUT2D eigenvalue weighted by Crippen LogP contribution is -2.49. The highest BCUT2D eigenvalue weighted by atomic mass is 32.2. The average Bonchev–Trinajstić information content (AvgIpc) is 4.14. The van der Waals surface area contributed by atoms with Crippen LogP contribution in [0.3, 0.4) is 0 Å². The zero-order valence-electron chi connectivity index (χ0n) is 42.9. The van der Waals surface area contributed by atoms with Gasteiger partial charge in [-0.1, -0.05) is 63.2 Å². The molecular weight excluding hydrogens is 1020 g/mol. The Bertz CT molecular complexity index is 3140. The fraction of sp³-hybridized carbons (Fsp3) is 0.370. The van der Waals surface area contributed by atoms with E-state index in [2.05, 4.69) is 35.5 Å². The number of nitrogens with two attached hydrogens (primary N) is 1. The molecule has 402 valence electrons. The van der Waals surface area contributed by atoms with Crippen LogP contribution in [0.25, 0.3) is 21.7 Å². The lowest BCUT2D eigenvalue weighted by molar-refractivity contribution is -0.145. The third kappa shape index (κ3) is 14.6. The van der Waals surface area contributed by atoms with E-state index in [1.807, 2.05) is 52.0 Å². The predicted molar refractivity (Wildman–Crippen MR) is 285 cm³/mol. The first kappa shape index (κ1) is 56.2. The summed E-state index contributed by atoms with van der Waals surface area (Å²) in [5.74, 6) is -3.05. The number of primary amides is 1. The molecule has 4 heterocycles. The number of carbonyl (C=O) groups is 5. The molecule has 3 amide bonds. The van der Waals surface area contributed by atoms with Crippen molar-refractivity contribution in [2.45, 2.75) is 98.4 Å². The molecule has 7 rings (SSSR count). The van der Waals surface area contributed by atoms with Crippen LogP contribution in [-0.4, -0.2) is 99.1 Å². The molecule has 0 radical (unpaired) electrons. The SMILES string of the molecule is CCS(=O)(=O)Nc1ccc(-c2[nH]nc(Nc3ccc(C(=O)OCCCCC(=O)CC[C@H](C(=O)N4C[C@H](O)C[C@H]4C(=O)NCc4ccc(-c5scnc5C)cc4)C(C)(C)C)cn3)c2C(N)=O)cc1OCc1ccc(F)cc1. The number of β-amino-alcohol motifs (C(OH)–C–C–N with tert-alkyl or cyclic N) is 1. The number of hydrogen-bond acceptors (Lipinski definition) is 15. The first-order valence-corrected chi connectivity index (χ1v) is 27.3. The van der Waals surface area contributed by atoms with Crippen molar-refractivity contribution in [3.8, 4) is 27.4 Å². The highest BCUT2D eigenvalue weighted by molar-refractivity contribution is 7.92. The summed E-state index contributed by atoms with van der Waals surface area (Å²) < 4.78 is 52.4. The Morgan fingerprint density at radius 1 is 0.961 bits per heavy atom. The molecule has 1 fully saturated rings. The highest BCUT2D eigenvalue weighted by Gasteiger charge is 2.44. The van der Waals surface area contributed by atoms with E-state index in [1.54, 1.807) is 22.9 Å². The maximum absolute atomic E-state index is 14.1. The summed E-state index contributed by atoms with van der Waals surface area (Å²) in [6, 6.07) is 20.1. The van der Waals surface area contributed by atoms with E-state index in [4.69, 9.17) is 15.2 Å². The number of unbranched alkanes of at least 4 members (excludes halogenated alkanes) is 1. The minimum atomic E-state index is -3.71. The molecule has 22 heteroatoms. The number of Topliss-reactive ketones (excluding diaryl/α,β-unsaturated/α-hetero) is 1. The molecule has 0 bridgehead atoms. The number of nitrogens with one attached hydrogen (secondary N) is 4. The van der Waals surface area contributed by atoms with Crippen molar-refractivity contribution in [2.24, 2.45) is 17.1 Å². The van der Waals surface area contributed by atoms with Crippen LogP contribution >= 0.6 is 11.3 Å². The number of ether oxygens (including phenoxy) is 2. The van der Waals surface area contributed by atoms with Crippen LogP contribution < -0.4 is 25.8 Å². The first-order valence-electron chi connectivity index (χ1n) is 24.8. The molecule has 1 aliphatic rings. The van der Waals surface area contributed by atoms with Crippen molar-refractivity contribution in [1.82, 2.24) is 30.4 Å². The van der Waals surface area contributed by atoms with Crippen LogP contribution in [0.5, 0.6) is 5.75 Å². The lowest BCUT2D eigenvalue weighted by atomic mass is 9.76. The van der Waals surface area contributed by atoms with Crippen LogP contribution in [0.4, 0.5) is 21.7 Å². The van der Waals surface area contributed by atoms with E-state index in [0.717, 1.165) is 21.7 Å². The van der Waals surface area contributed by atoms with E-state index >= 15 is 0 Å². The van der Waals surface area contributed by atoms with Crippen molar-refractivity contribution >= 4 is 68.2 Å². The zero-order valence-corrected chi connectivity index (χ0v) is 44.5. The molecule has 1 aliphatic heterocycles. The second kappa shape index (κ2) is 24.9. The fourth-order valence-corrected chi connectivity index (χ4v) is 10.1. The third-order valence-electron chi connectivity index (χ3n) is 12.9. The van der Waals surface area contributed by atoms with Gasteiger partial charge in [0.15, 0.2) is 5.82 Å². The fourth-order valence-electron chi connectivity index (χ4n) is 8.65. The Balaban J connectivity index is 0.871. The van der Waals surface area contributed by atoms with Crippen LogP contribution in [0.2, 0.25) is 0 Å². The summed E-state index contributed by atoms with van der Waals surface area (Å²) in [6.07, 6.45) is 2.00. The standard InChI is InChI=1S/C54H62FN9O10S2/c1-6-76(71,72)63-42-22-16-36(25-44(42)74-30-34-12-18-38(55)19-13-34)47-46(49(56)67)50(62-61-47)60-45-23-17-37(28-57-45)53(70)73-24-8-7-9-39(65)20-21-41(54(3,4)5)52(69)64-29-40(66)26-43(64)51(68)58-27-33-10-14-35(15-11-33)48-32(2)59-31-75-48/h10-19,22-23,25,28,31,40-41,43,63,66H,6-9,20-21,24,26-27,29-30H2,1-5H3,(H2,56,67)(H,58,68)(H2,57,60,61,62)/t40-,41-,43+/m1/s1. The van der Waals surface area contributed by atoms with Crippen LogP contribution in [0.15, 0.2) is 90.6 Å². The number of pyridine rings is 1. The van der Waals surface area contributed by atoms with Gasteiger partial charge in [0.25, 0.3) is 5.91 Å². The Labute approximate surface area is 444 Å². The number of aromatic amines is 1. The van der Waals surface area contributed by atoms with Gasteiger partial charge < -0.3 is 35.8 Å². The van der Waals surface area contributed by atoms with Gasteiger partial charge in [-0.05, 0) is 91.6 Å². The summed E-state index contributed by atoms with van der Waals surface area (Å²) in [4.78, 5) is 77.6. The van der Waals surface area contributed by atoms with E-state index in [1.165, 1.54) is 66.6 Å². The second-order valence-corrected chi connectivity index (χ2v) is 22.4. The van der Waals surface area contributed by atoms with Gasteiger partial charge in [-0.2, -0.15) is 5.10 Å². The minimum absolute atomic E-state index is 0.0157. The van der Waals surface area contributed by atoms with E-state index < -0.39 is 51.2 Å². The van der Waals surface area contributed by atoms with Crippen LogP contribution in [0, 0.1) is 24.1 Å². The molecule has 76 heavy (non-hydrogen) atoms. The van der Waals surface area contributed by atoms with Gasteiger partial charge in [-0.15, -0.1) is 11.3 Å². The topological polar surface area (TPSA) is 278 Å². The molecule has 0 aliphatic carbocycles. The van der Waals surface area contributed by atoms with Gasteiger partial charge in [0.1, 0.15) is 41.4 Å². The van der Waals surface area contributed by atoms with E-state index in [0.29, 0.717) is 24.0 Å². The Morgan fingerprint density at radius 2 is 1.68 bits per heavy atom. The van der Waals surface area contributed by atoms with Gasteiger partial charge in [0.2, 0.25) is 21.8 Å². The number of halogens is 1. The molecule has 3 atom stereocenters. The largest absolute Gasteiger partial charge is 0.487 e. The third-order valence-corrected chi connectivity index (χ3v) is 15.2. The van der Waals surface area contributed by atoms with Crippen molar-refractivity contribution in [3.63, 3.8) is 0 Å². The monoisotopic (exact) mass is 1080 g/mol. The number of aryl methyl sites for hydroxylation is 1. The van der Waals surface area contributed by atoms with Crippen molar-refractivity contribution < 1.29 is 51.4 Å². The summed E-state index contributed by atoms with van der Waals surface area (Å²) >= 11 is 1.56. The number of amides is 3. The van der Waals surface area contributed by atoms with Gasteiger partial charge in [-0.3, -0.25) is 29.0 Å². The number of hydrogen-bond donors (Lipinski definition) is 6. The van der Waals surface area contributed by atoms with Gasteiger partial charge >= 0.3 is 5.97 Å². The molecule has 3 aromatic heterocycles. The molecular formula is C54H62FN9O10S2. The molecule has 0 saturated carbocycles. The maximum atomic E-state index is 14.1. The maximum Gasteiger partial charge on any atom is 0.339 e. The number of thiazole rings is 1. The van der Waals surface area contributed by atoms with E-state index in [9.17, 15) is 41.9 Å². The Hall–Kier alpha value is -7.56. The number of rotatable bonds is 24. The number of nitrogens with zero attached hydrogens (tertiary/aromatic N) is 4. The smallest absolute Gasteiger partial charge is 0.339 e. The molecule has 0 unspecified atom stereocenters. The number of benzene rings is 3. The van der Waals surface area contributed by atoms with Gasteiger partial charge in [-0.25, -0.2) is 27.6 Å². The lowest BCUT2D eigenvalue weighted by Gasteiger charge is -2.35. The van der Waals surface area contributed by atoms with Crippen molar-refractivity contribution in [3.05, 3.63) is 124 Å². The Morgan fingerprint density at radius 3 is 2.34 bits per heavy atom. The Kier molecular flexibility index (Phi) is 18.4. The summed E-state index contributed by atoms with van der Waals surface area (Å²) in [5, 5.41) is 23.5. The number of sulfonamides is 1. The summed E-state index contributed by atoms with van der Waals surface area (Å²) in [5.41, 5.74) is 11.4. The normalized spacial score (nSPS) is 15.0. The summed E-state index contributed by atoms with van der Waals surface area (Å²) in [7, 11) is -3.71. The molecule has 3 aromatic carbocycles. The highest BCUT2D eigenvalue weighted by Crippen LogP contribution is 2.37. The van der Waals surface area contributed by atoms with Crippen molar-refractivity contribution in [1.29, 1.82) is 0 Å². The predicted octanol–water partition coefficient (Wildman–Crippen LogP) is 7.84. The number of aliphatic hydroxyl groups is 1. The number of aliphatic hydroxyl groups excluding tert-OH is 1. The number of likely N-dealkylation sites (tertiary alicyclic amines) is 1. The van der Waals surface area contributed by atoms with Gasteiger partial charge in [0.05, 0.1) is 51.5 Å². The average molecular weight is 1080 g/mol. The molecule has 6 aromatic rings. The molecule has 1 saturated heterocycles. The zero-order chi connectivity index (χ0) is 54.7. The number of H-pyrrole nitrogens is 1. The minimum Gasteiger partial charge on any atom is -0.487 e. The molecule has 7 N–H and O–H groups in total. The van der Waals surface area contributed by atoms with Crippen LogP contribution in [-0.2, 0) is 42.3 Å². The molecule has 0 spiro atoms. The quantitative estimate of drug-likeness (QED) is 0.0249.